The maximum Gasteiger partial charge on any atom is 0.230 e. The molecule has 2 saturated heterocycles. The summed E-state index contributed by atoms with van der Waals surface area (Å²) in [7, 11) is 0. The van der Waals surface area contributed by atoms with E-state index in [0.29, 0.717) is 16.4 Å². The lowest BCUT2D eigenvalue weighted by molar-refractivity contribution is -0.161. The van der Waals surface area contributed by atoms with Crippen LogP contribution in [0.3, 0.4) is 0 Å². The highest BCUT2D eigenvalue weighted by Crippen LogP contribution is 2.35. The minimum atomic E-state index is -0.176. The molecule has 0 N–H and O–H groups in total. The van der Waals surface area contributed by atoms with E-state index in [1.54, 1.807) is 4.52 Å². The van der Waals surface area contributed by atoms with Crippen molar-refractivity contribution in [1.82, 2.24) is 24.7 Å². The minimum Gasteiger partial charge on any atom is -0.351 e. The Kier molecular flexibility index (Phi) is 2.57. The Morgan fingerprint density at radius 1 is 1.29 bits per heavy atom. The van der Waals surface area contributed by atoms with Crippen LogP contribution in [0.2, 0.25) is 0 Å². The first-order valence-corrected chi connectivity index (χ1v) is 7.69. The Morgan fingerprint density at radius 2 is 2.05 bits per heavy atom. The van der Waals surface area contributed by atoms with E-state index in [9.17, 15) is 4.79 Å². The molecule has 1 amide bonds. The molecule has 21 heavy (non-hydrogen) atoms. The number of carbonyl (C=O) groups excluding carboxylic acids is 1. The highest BCUT2D eigenvalue weighted by atomic mass is 79.9. The molecule has 2 aromatic heterocycles. The fourth-order valence-electron chi connectivity index (χ4n) is 2.92. The average molecular weight is 351 g/mol. The third kappa shape index (κ3) is 1.85. The van der Waals surface area contributed by atoms with Crippen LogP contribution in [0.5, 0.6) is 0 Å². The van der Waals surface area contributed by atoms with Crippen LogP contribution in [0.4, 0.5) is 5.82 Å². The lowest BCUT2D eigenvalue weighted by Crippen LogP contribution is -2.70. The first-order valence-electron chi connectivity index (χ1n) is 6.90. The highest BCUT2D eigenvalue weighted by Gasteiger charge is 2.50. The lowest BCUT2D eigenvalue weighted by Gasteiger charge is -2.54. The van der Waals surface area contributed by atoms with Crippen molar-refractivity contribution >= 4 is 33.3 Å². The second kappa shape index (κ2) is 4.16. The third-order valence-electron chi connectivity index (χ3n) is 4.24. The quantitative estimate of drug-likeness (QED) is 0.754. The Bertz CT molecular complexity index is 735. The zero-order valence-electron chi connectivity index (χ0n) is 11.8. The van der Waals surface area contributed by atoms with Crippen molar-refractivity contribution < 1.29 is 4.79 Å². The van der Waals surface area contributed by atoms with Gasteiger partial charge < -0.3 is 9.80 Å². The van der Waals surface area contributed by atoms with Crippen molar-refractivity contribution in [3.8, 4) is 0 Å². The molecule has 4 heterocycles. The molecule has 2 aliphatic rings. The van der Waals surface area contributed by atoms with E-state index in [2.05, 4.69) is 36.1 Å². The number of β-lactam (4-membered cyclic amide) rings is 1. The van der Waals surface area contributed by atoms with E-state index in [4.69, 9.17) is 0 Å². The molecule has 0 unspecified atom stereocenters. The average Bonchev–Trinajstić information content (AvgIpc) is 2.77. The number of nitrogens with zero attached hydrogens (tertiary/aromatic N) is 6. The zero-order valence-corrected chi connectivity index (χ0v) is 13.4. The number of likely N-dealkylation sites (tertiary alicyclic amines) is 1. The van der Waals surface area contributed by atoms with Gasteiger partial charge in [-0.15, -0.1) is 15.3 Å². The summed E-state index contributed by atoms with van der Waals surface area (Å²) in [4.78, 5) is 16.1. The van der Waals surface area contributed by atoms with E-state index in [1.165, 1.54) is 0 Å². The fourth-order valence-corrected chi connectivity index (χ4v) is 3.26. The fraction of sp³-hybridized carbons (Fsp3) is 0.538. The summed E-state index contributed by atoms with van der Waals surface area (Å²) in [6, 6.07) is 4.15. The molecule has 0 atom stereocenters. The maximum atomic E-state index is 12.0. The molecule has 0 bridgehead atoms. The maximum absolute atomic E-state index is 12.0. The van der Waals surface area contributed by atoms with Crippen molar-refractivity contribution in [3.63, 3.8) is 0 Å². The van der Waals surface area contributed by atoms with Crippen molar-refractivity contribution in [3.05, 3.63) is 16.9 Å². The highest BCUT2D eigenvalue weighted by molar-refractivity contribution is 9.10. The number of rotatable bonds is 2. The summed E-state index contributed by atoms with van der Waals surface area (Å²) in [5, 5.41) is 12.4. The monoisotopic (exact) mass is 350 g/mol. The second-order valence-corrected chi connectivity index (χ2v) is 7.02. The predicted molar refractivity (Wildman–Crippen MR) is 80.0 cm³/mol. The summed E-state index contributed by atoms with van der Waals surface area (Å²) in [6.45, 7) is 6.52. The van der Waals surface area contributed by atoms with Gasteiger partial charge >= 0.3 is 0 Å². The van der Waals surface area contributed by atoms with Crippen LogP contribution in [-0.2, 0) is 4.79 Å². The standard InChI is InChI=1S/C13H15BrN6O/c1-13(2)7-19(11(13)21)8-5-18(6-8)10-4-3-9-15-16-12(14)20(9)17-10/h3-4,8H,5-7H2,1-2H3. The number of hydrogen-bond donors (Lipinski definition) is 0. The van der Waals surface area contributed by atoms with Crippen LogP contribution in [0.15, 0.2) is 16.9 Å². The predicted octanol–water partition coefficient (Wildman–Crippen LogP) is 0.944. The Balaban J connectivity index is 1.47. The molecular formula is C13H15BrN6O. The van der Waals surface area contributed by atoms with Crippen molar-refractivity contribution in [2.45, 2.75) is 19.9 Å². The Labute approximate surface area is 130 Å². The number of carbonyl (C=O) groups is 1. The van der Waals surface area contributed by atoms with E-state index >= 15 is 0 Å². The van der Waals surface area contributed by atoms with Crippen LogP contribution in [0, 0.1) is 5.41 Å². The van der Waals surface area contributed by atoms with E-state index in [0.717, 1.165) is 25.5 Å². The van der Waals surface area contributed by atoms with Crippen LogP contribution in [0.25, 0.3) is 5.65 Å². The SMILES string of the molecule is CC1(C)CN(C2CN(c3ccc4nnc(Br)n4n3)C2)C1=O. The van der Waals surface area contributed by atoms with Gasteiger partial charge in [0.15, 0.2) is 5.65 Å². The first-order chi connectivity index (χ1) is 9.95. The van der Waals surface area contributed by atoms with Crippen molar-refractivity contribution in [1.29, 1.82) is 0 Å². The molecule has 110 valence electrons. The van der Waals surface area contributed by atoms with Gasteiger partial charge in [0, 0.05) is 19.6 Å². The minimum absolute atomic E-state index is 0.176. The van der Waals surface area contributed by atoms with Gasteiger partial charge in [-0.05, 0) is 41.9 Å². The van der Waals surface area contributed by atoms with Gasteiger partial charge in [-0.2, -0.15) is 4.52 Å². The molecule has 2 fully saturated rings. The summed E-state index contributed by atoms with van der Waals surface area (Å²) < 4.78 is 2.26. The van der Waals surface area contributed by atoms with Crippen molar-refractivity contribution in [2.75, 3.05) is 24.5 Å². The second-order valence-electron chi connectivity index (χ2n) is 6.31. The van der Waals surface area contributed by atoms with Gasteiger partial charge in [-0.25, -0.2) is 0 Å². The molecule has 0 spiro atoms. The summed E-state index contributed by atoms with van der Waals surface area (Å²) in [5.41, 5.74) is 0.535. The number of anilines is 1. The molecule has 8 heteroatoms. The molecule has 0 aliphatic carbocycles. The molecule has 4 rings (SSSR count). The normalized spacial score (nSPS) is 21.6. The van der Waals surface area contributed by atoms with Crippen molar-refractivity contribution in [2.24, 2.45) is 5.41 Å². The third-order valence-corrected chi connectivity index (χ3v) is 4.74. The molecule has 2 aromatic rings. The van der Waals surface area contributed by atoms with Gasteiger partial charge in [0.05, 0.1) is 11.5 Å². The Hall–Kier alpha value is -1.70. The van der Waals surface area contributed by atoms with Gasteiger partial charge in [0.1, 0.15) is 5.82 Å². The Morgan fingerprint density at radius 3 is 2.71 bits per heavy atom. The smallest absolute Gasteiger partial charge is 0.230 e. The van der Waals surface area contributed by atoms with Gasteiger partial charge in [-0.3, -0.25) is 4.79 Å². The zero-order chi connectivity index (χ0) is 14.8. The van der Waals surface area contributed by atoms with Crippen LogP contribution in [0.1, 0.15) is 13.8 Å². The van der Waals surface area contributed by atoms with Crippen LogP contribution in [-0.4, -0.2) is 56.3 Å². The molecule has 0 radical (unpaired) electrons. The first kappa shape index (κ1) is 13.0. The van der Waals surface area contributed by atoms with E-state index in [1.807, 2.05) is 30.9 Å². The van der Waals surface area contributed by atoms with Gasteiger partial charge in [-0.1, -0.05) is 0 Å². The largest absolute Gasteiger partial charge is 0.351 e. The summed E-state index contributed by atoms with van der Waals surface area (Å²) >= 11 is 3.32. The van der Waals surface area contributed by atoms with Crippen LogP contribution >= 0.6 is 15.9 Å². The summed E-state index contributed by atoms with van der Waals surface area (Å²) in [5.74, 6) is 1.14. The molecular weight excluding hydrogens is 336 g/mol. The van der Waals surface area contributed by atoms with E-state index in [-0.39, 0.29) is 11.3 Å². The van der Waals surface area contributed by atoms with Gasteiger partial charge in [0.2, 0.25) is 10.6 Å². The molecule has 7 nitrogen and oxygen atoms in total. The lowest BCUT2D eigenvalue weighted by atomic mass is 9.81. The molecule has 2 aliphatic heterocycles. The van der Waals surface area contributed by atoms with Crippen LogP contribution < -0.4 is 4.90 Å². The topological polar surface area (TPSA) is 66.6 Å². The number of aromatic nitrogens is 4. The van der Waals surface area contributed by atoms with Gasteiger partial charge in [0.25, 0.3) is 0 Å². The summed E-state index contributed by atoms with van der Waals surface area (Å²) in [6.07, 6.45) is 0. The number of fused-ring (bicyclic) bond motifs is 1. The van der Waals surface area contributed by atoms with E-state index < -0.39 is 0 Å². The molecule has 0 aromatic carbocycles. The molecule has 0 saturated carbocycles. The number of halogens is 1. The number of hydrogen-bond acceptors (Lipinski definition) is 5. The number of amides is 1.